The standard InChI is InChI=1S/C11H17N5O/c12-14-10-7-6-9(15-16-10)11(17)13-8-4-2-1-3-5-8/h6-8H,1-5,12H2,(H,13,17)(H,14,16). The minimum atomic E-state index is -0.159. The molecule has 0 saturated heterocycles. The number of nitrogens with one attached hydrogen (secondary N) is 2. The molecule has 1 aliphatic rings. The minimum absolute atomic E-state index is 0.159. The third-order valence-corrected chi connectivity index (χ3v) is 2.99. The molecule has 0 bridgehead atoms. The molecule has 17 heavy (non-hydrogen) atoms. The van der Waals surface area contributed by atoms with Crippen LogP contribution in [0, 0.1) is 0 Å². The lowest BCUT2D eigenvalue weighted by Crippen LogP contribution is -2.36. The molecule has 6 nitrogen and oxygen atoms in total. The van der Waals surface area contributed by atoms with Crippen LogP contribution in [0.2, 0.25) is 0 Å². The van der Waals surface area contributed by atoms with Gasteiger partial charge in [-0.2, -0.15) is 0 Å². The maximum atomic E-state index is 11.8. The second-order valence-electron chi connectivity index (χ2n) is 4.26. The predicted octanol–water partition coefficient (Wildman–Crippen LogP) is 0.825. The molecule has 1 heterocycles. The molecule has 6 heteroatoms. The molecule has 1 aromatic heterocycles. The van der Waals surface area contributed by atoms with Gasteiger partial charge >= 0.3 is 0 Å². The summed E-state index contributed by atoms with van der Waals surface area (Å²) in [6.45, 7) is 0. The zero-order chi connectivity index (χ0) is 12.1. The largest absolute Gasteiger partial charge is 0.348 e. The maximum Gasteiger partial charge on any atom is 0.272 e. The van der Waals surface area contributed by atoms with Crippen molar-refractivity contribution >= 4 is 11.7 Å². The predicted molar refractivity (Wildman–Crippen MR) is 64.2 cm³/mol. The molecular formula is C11H17N5O. The van der Waals surface area contributed by atoms with Crippen molar-refractivity contribution in [3.05, 3.63) is 17.8 Å². The normalized spacial score (nSPS) is 16.5. The van der Waals surface area contributed by atoms with Gasteiger partial charge in [-0.1, -0.05) is 19.3 Å². The van der Waals surface area contributed by atoms with Gasteiger partial charge in [-0.25, -0.2) is 5.84 Å². The van der Waals surface area contributed by atoms with Gasteiger partial charge in [0.15, 0.2) is 11.5 Å². The maximum absolute atomic E-state index is 11.8. The number of aromatic nitrogens is 2. The van der Waals surface area contributed by atoms with E-state index in [0.29, 0.717) is 11.5 Å². The quantitative estimate of drug-likeness (QED) is 0.533. The first-order chi connectivity index (χ1) is 8.29. The topological polar surface area (TPSA) is 92.9 Å². The monoisotopic (exact) mass is 235 g/mol. The Bertz CT molecular complexity index is 372. The molecule has 92 valence electrons. The highest BCUT2D eigenvalue weighted by Gasteiger charge is 2.17. The Balaban J connectivity index is 1.93. The lowest BCUT2D eigenvalue weighted by molar-refractivity contribution is 0.0921. The molecule has 4 N–H and O–H groups in total. The van der Waals surface area contributed by atoms with Crippen LogP contribution in [-0.2, 0) is 0 Å². The van der Waals surface area contributed by atoms with E-state index >= 15 is 0 Å². The number of carbonyl (C=O) groups excluding carboxylic acids is 1. The van der Waals surface area contributed by atoms with Crippen LogP contribution in [0.3, 0.4) is 0 Å². The van der Waals surface area contributed by atoms with E-state index in [9.17, 15) is 4.79 Å². The molecule has 0 spiro atoms. The fourth-order valence-corrected chi connectivity index (χ4v) is 2.04. The van der Waals surface area contributed by atoms with Crippen molar-refractivity contribution in [3.63, 3.8) is 0 Å². The molecule has 1 amide bonds. The van der Waals surface area contributed by atoms with E-state index in [-0.39, 0.29) is 11.9 Å². The van der Waals surface area contributed by atoms with Crippen molar-refractivity contribution in [3.8, 4) is 0 Å². The van der Waals surface area contributed by atoms with Gasteiger partial charge in [0.25, 0.3) is 5.91 Å². The Morgan fingerprint density at radius 1 is 1.24 bits per heavy atom. The average Bonchev–Trinajstić information content (AvgIpc) is 2.40. The molecule has 1 aromatic rings. The highest BCUT2D eigenvalue weighted by atomic mass is 16.2. The number of nitrogens with two attached hydrogens (primary N) is 1. The van der Waals surface area contributed by atoms with Crippen molar-refractivity contribution < 1.29 is 4.79 Å². The van der Waals surface area contributed by atoms with Crippen molar-refractivity contribution in [1.29, 1.82) is 0 Å². The van der Waals surface area contributed by atoms with Crippen LogP contribution >= 0.6 is 0 Å². The average molecular weight is 235 g/mol. The van der Waals surface area contributed by atoms with Crippen LogP contribution in [0.15, 0.2) is 12.1 Å². The zero-order valence-electron chi connectivity index (χ0n) is 9.65. The highest BCUT2D eigenvalue weighted by molar-refractivity contribution is 5.92. The third-order valence-electron chi connectivity index (χ3n) is 2.99. The molecule has 0 radical (unpaired) electrons. The van der Waals surface area contributed by atoms with Gasteiger partial charge in [0.1, 0.15) is 0 Å². The second-order valence-corrected chi connectivity index (χ2v) is 4.26. The number of carbonyl (C=O) groups is 1. The van der Waals surface area contributed by atoms with Gasteiger partial charge in [-0.3, -0.25) is 4.79 Å². The Labute approximate surface area is 100.0 Å². The zero-order valence-corrected chi connectivity index (χ0v) is 9.65. The fraction of sp³-hybridized carbons (Fsp3) is 0.545. The summed E-state index contributed by atoms with van der Waals surface area (Å²) < 4.78 is 0. The number of hydrogen-bond donors (Lipinski definition) is 3. The summed E-state index contributed by atoms with van der Waals surface area (Å²) in [6, 6.07) is 3.52. The molecule has 2 rings (SSSR count). The lowest BCUT2D eigenvalue weighted by atomic mass is 9.95. The summed E-state index contributed by atoms with van der Waals surface area (Å²) in [4.78, 5) is 11.8. The van der Waals surface area contributed by atoms with Crippen LogP contribution < -0.4 is 16.6 Å². The molecule has 1 saturated carbocycles. The fourth-order valence-electron chi connectivity index (χ4n) is 2.04. The number of hydrogen-bond acceptors (Lipinski definition) is 5. The first kappa shape index (κ1) is 11.8. The summed E-state index contributed by atoms with van der Waals surface area (Å²) >= 11 is 0. The number of amides is 1. The van der Waals surface area contributed by atoms with Crippen molar-refractivity contribution in [1.82, 2.24) is 15.5 Å². The number of rotatable bonds is 3. The van der Waals surface area contributed by atoms with Crippen LogP contribution in [0.1, 0.15) is 42.6 Å². The first-order valence-electron chi connectivity index (χ1n) is 5.91. The molecular weight excluding hydrogens is 218 g/mol. The van der Waals surface area contributed by atoms with Gasteiger partial charge in [0, 0.05) is 6.04 Å². The van der Waals surface area contributed by atoms with Crippen molar-refractivity contribution in [2.24, 2.45) is 5.84 Å². The Morgan fingerprint density at radius 3 is 2.59 bits per heavy atom. The molecule has 0 atom stereocenters. The summed E-state index contributed by atoms with van der Waals surface area (Å²) in [6.07, 6.45) is 5.76. The van der Waals surface area contributed by atoms with Gasteiger partial charge in [-0.15, -0.1) is 10.2 Å². The SMILES string of the molecule is NNc1ccc(C(=O)NC2CCCCC2)nn1. The van der Waals surface area contributed by atoms with Gasteiger partial charge in [0.2, 0.25) is 0 Å². The Hall–Kier alpha value is -1.69. The summed E-state index contributed by atoms with van der Waals surface area (Å²) in [5.41, 5.74) is 2.70. The van der Waals surface area contributed by atoms with Crippen LogP contribution in [0.5, 0.6) is 0 Å². The third kappa shape index (κ3) is 3.13. The summed E-state index contributed by atoms with van der Waals surface area (Å²) in [5, 5.41) is 10.6. The van der Waals surface area contributed by atoms with E-state index in [4.69, 9.17) is 5.84 Å². The molecule has 0 unspecified atom stereocenters. The minimum Gasteiger partial charge on any atom is -0.348 e. The molecule has 1 fully saturated rings. The Morgan fingerprint density at radius 2 is 2.00 bits per heavy atom. The second kappa shape index (κ2) is 5.58. The van der Waals surface area contributed by atoms with E-state index in [1.165, 1.54) is 19.3 Å². The number of nitrogen functional groups attached to an aromatic ring is 1. The molecule has 1 aliphatic carbocycles. The van der Waals surface area contributed by atoms with Crippen LogP contribution in [-0.4, -0.2) is 22.1 Å². The van der Waals surface area contributed by atoms with Crippen molar-refractivity contribution in [2.75, 3.05) is 5.43 Å². The Kier molecular flexibility index (Phi) is 3.87. The van der Waals surface area contributed by atoms with E-state index in [1.54, 1.807) is 12.1 Å². The van der Waals surface area contributed by atoms with Crippen LogP contribution in [0.4, 0.5) is 5.82 Å². The van der Waals surface area contributed by atoms with E-state index in [1.807, 2.05) is 0 Å². The summed E-state index contributed by atoms with van der Waals surface area (Å²) in [5.74, 6) is 5.46. The molecule has 0 aliphatic heterocycles. The van der Waals surface area contributed by atoms with E-state index < -0.39 is 0 Å². The number of hydrazine groups is 1. The highest BCUT2D eigenvalue weighted by Crippen LogP contribution is 2.17. The van der Waals surface area contributed by atoms with Crippen molar-refractivity contribution in [2.45, 2.75) is 38.1 Å². The smallest absolute Gasteiger partial charge is 0.272 e. The van der Waals surface area contributed by atoms with Gasteiger partial charge < -0.3 is 10.7 Å². The van der Waals surface area contributed by atoms with E-state index in [2.05, 4.69) is 20.9 Å². The van der Waals surface area contributed by atoms with E-state index in [0.717, 1.165) is 12.8 Å². The number of nitrogens with zero attached hydrogens (tertiary/aromatic N) is 2. The van der Waals surface area contributed by atoms with Gasteiger partial charge in [0.05, 0.1) is 0 Å². The number of anilines is 1. The molecule has 0 aromatic carbocycles. The summed E-state index contributed by atoms with van der Waals surface area (Å²) in [7, 11) is 0. The first-order valence-corrected chi connectivity index (χ1v) is 5.91. The lowest BCUT2D eigenvalue weighted by Gasteiger charge is -2.22. The van der Waals surface area contributed by atoms with Crippen LogP contribution in [0.25, 0.3) is 0 Å². The van der Waals surface area contributed by atoms with Gasteiger partial charge in [-0.05, 0) is 25.0 Å².